The summed E-state index contributed by atoms with van der Waals surface area (Å²) in [6, 6.07) is 13.4. The minimum atomic E-state index is -0.138. The van der Waals surface area contributed by atoms with Crippen molar-refractivity contribution in [3.05, 3.63) is 60.1 Å². The zero-order valence-electron chi connectivity index (χ0n) is 12.0. The molecule has 1 saturated heterocycles. The van der Waals surface area contributed by atoms with Gasteiger partial charge in [0.2, 0.25) is 5.91 Å². The smallest absolute Gasteiger partial charge is 0.242 e. The lowest BCUT2D eigenvalue weighted by Gasteiger charge is -2.15. The molecule has 5 nitrogen and oxygen atoms in total. The Kier molecular flexibility index (Phi) is 4.39. The molecule has 0 N–H and O–H groups in total. The van der Waals surface area contributed by atoms with Gasteiger partial charge in [-0.2, -0.15) is 5.10 Å². The summed E-state index contributed by atoms with van der Waals surface area (Å²) in [5.41, 5.74) is 1.06. The molecule has 22 heavy (non-hydrogen) atoms. The van der Waals surface area contributed by atoms with Crippen molar-refractivity contribution < 1.29 is 9.21 Å². The van der Waals surface area contributed by atoms with E-state index in [1.54, 1.807) is 23.3 Å². The number of thioether (sulfide) groups is 1. The van der Waals surface area contributed by atoms with E-state index in [-0.39, 0.29) is 11.2 Å². The summed E-state index contributed by atoms with van der Waals surface area (Å²) < 4.78 is 5.16. The number of rotatable bonds is 4. The Bertz CT molecular complexity index is 695. The molecule has 0 saturated carbocycles. The van der Waals surface area contributed by atoms with Gasteiger partial charge in [0, 0.05) is 0 Å². The van der Waals surface area contributed by atoms with Crippen molar-refractivity contribution in [2.45, 2.75) is 18.7 Å². The van der Waals surface area contributed by atoms with Gasteiger partial charge < -0.3 is 4.42 Å². The quantitative estimate of drug-likeness (QED) is 0.643. The molecule has 3 rings (SSSR count). The average Bonchev–Trinajstić information content (AvgIpc) is 3.13. The molecule has 2 heterocycles. The standard InChI is InChI=1S/C16H15N3O2S/c1-12-15(20)19(11-13-6-3-2-4-7-13)16(22-12)18-17-10-14-8-5-9-21-14/h2-10,12H,11H2,1H3/b17-10-,18-16+/t12-/m0/s1. The second-order valence-electron chi connectivity index (χ2n) is 4.81. The maximum Gasteiger partial charge on any atom is 0.242 e. The number of carbonyl (C=O) groups excluding carboxylic acids is 1. The van der Waals surface area contributed by atoms with E-state index in [0.29, 0.717) is 17.5 Å². The van der Waals surface area contributed by atoms with E-state index in [2.05, 4.69) is 10.2 Å². The van der Waals surface area contributed by atoms with Crippen LogP contribution in [0, 0.1) is 0 Å². The van der Waals surface area contributed by atoms with Gasteiger partial charge in [-0.15, -0.1) is 5.10 Å². The van der Waals surface area contributed by atoms with Crippen molar-refractivity contribution in [3.63, 3.8) is 0 Å². The summed E-state index contributed by atoms with van der Waals surface area (Å²) in [5.74, 6) is 0.683. The Morgan fingerprint density at radius 3 is 2.82 bits per heavy atom. The topological polar surface area (TPSA) is 58.2 Å². The molecule has 1 fully saturated rings. The molecule has 1 aromatic heterocycles. The number of nitrogens with zero attached hydrogens (tertiary/aromatic N) is 3. The molecular formula is C16H15N3O2S. The van der Waals surface area contributed by atoms with Crippen LogP contribution in [0.1, 0.15) is 18.2 Å². The fraction of sp³-hybridized carbons (Fsp3) is 0.188. The molecular weight excluding hydrogens is 298 g/mol. The van der Waals surface area contributed by atoms with E-state index < -0.39 is 0 Å². The first-order valence-corrected chi connectivity index (χ1v) is 7.78. The summed E-state index contributed by atoms with van der Waals surface area (Å²) in [6.45, 7) is 2.38. The first-order valence-electron chi connectivity index (χ1n) is 6.90. The summed E-state index contributed by atoms with van der Waals surface area (Å²) in [6.07, 6.45) is 3.11. The lowest BCUT2D eigenvalue weighted by atomic mass is 10.2. The molecule has 0 aliphatic carbocycles. The van der Waals surface area contributed by atoms with Gasteiger partial charge in [0.15, 0.2) is 5.17 Å². The molecule has 0 unspecified atom stereocenters. The summed E-state index contributed by atoms with van der Waals surface area (Å²) in [7, 11) is 0. The monoisotopic (exact) mass is 313 g/mol. The van der Waals surface area contributed by atoms with Gasteiger partial charge in [0.25, 0.3) is 0 Å². The van der Waals surface area contributed by atoms with Gasteiger partial charge >= 0.3 is 0 Å². The predicted octanol–water partition coefficient (Wildman–Crippen LogP) is 3.13. The van der Waals surface area contributed by atoms with Crippen LogP contribution in [0.4, 0.5) is 0 Å². The maximum atomic E-state index is 12.3. The van der Waals surface area contributed by atoms with Gasteiger partial charge in [-0.3, -0.25) is 9.69 Å². The largest absolute Gasteiger partial charge is 0.463 e. The molecule has 2 aromatic rings. The van der Waals surface area contributed by atoms with E-state index in [9.17, 15) is 4.79 Å². The molecule has 0 bridgehead atoms. The number of amides is 1. The Labute approximate surface area is 132 Å². The molecule has 1 aromatic carbocycles. The molecule has 1 aliphatic heterocycles. The third-order valence-corrected chi connectivity index (χ3v) is 4.25. The number of furan rings is 1. The third-order valence-electron chi connectivity index (χ3n) is 3.18. The summed E-state index contributed by atoms with van der Waals surface area (Å²) in [4.78, 5) is 13.9. The Hall–Kier alpha value is -2.34. The van der Waals surface area contributed by atoms with Crippen molar-refractivity contribution >= 4 is 29.1 Å². The SMILES string of the molecule is C[C@@H]1S/C(=N/N=C\c2ccco2)N(Cc2ccccc2)C1=O. The maximum absolute atomic E-state index is 12.3. The number of carbonyl (C=O) groups is 1. The van der Waals surface area contributed by atoms with E-state index >= 15 is 0 Å². The predicted molar refractivity (Wildman–Crippen MR) is 87.8 cm³/mol. The summed E-state index contributed by atoms with van der Waals surface area (Å²) >= 11 is 1.42. The van der Waals surface area contributed by atoms with Crippen LogP contribution >= 0.6 is 11.8 Å². The number of hydrogen-bond donors (Lipinski definition) is 0. The van der Waals surface area contributed by atoms with Crippen LogP contribution in [0.3, 0.4) is 0 Å². The average molecular weight is 313 g/mol. The van der Waals surface area contributed by atoms with Crippen molar-refractivity contribution in [2.24, 2.45) is 10.2 Å². The van der Waals surface area contributed by atoms with Gasteiger partial charge in [-0.25, -0.2) is 0 Å². The van der Waals surface area contributed by atoms with Gasteiger partial charge in [-0.1, -0.05) is 42.1 Å². The zero-order valence-corrected chi connectivity index (χ0v) is 12.9. The van der Waals surface area contributed by atoms with E-state index in [0.717, 1.165) is 5.56 Å². The van der Waals surface area contributed by atoms with Gasteiger partial charge in [-0.05, 0) is 24.6 Å². The molecule has 0 radical (unpaired) electrons. The fourth-order valence-corrected chi connectivity index (χ4v) is 3.00. The first kappa shape index (κ1) is 14.6. The minimum Gasteiger partial charge on any atom is -0.463 e. The number of benzene rings is 1. The van der Waals surface area contributed by atoms with E-state index in [4.69, 9.17) is 4.42 Å². The van der Waals surface area contributed by atoms with Crippen molar-refractivity contribution in [3.8, 4) is 0 Å². The van der Waals surface area contributed by atoms with E-state index in [1.807, 2.05) is 37.3 Å². The molecule has 1 aliphatic rings. The number of hydrogen-bond acceptors (Lipinski definition) is 5. The van der Waals surface area contributed by atoms with Crippen molar-refractivity contribution in [1.29, 1.82) is 0 Å². The van der Waals surface area contributed by atoms with Gasteiger partial charge in [0.1, 0.15) is 5.76 Å². The lowest BCUT2D eigenvalue weighted by Crippen LogP contribution is -2.30. The third kappa shape index (κ3) is 3.28. The molecule has 1 amide bonds. The lowest BCUT2D eigenvalue weighted by molar-refractivity contribution is -0.126. The Morgan fingerprint density at radius 1 is 1.27 bits per heavy atom. The molecule has 112 valence electrons. The highest BCUT2D eigenvalue weighted by molar-refractivity contribution is 8.15. The first-order chi connectivity index (χ1) is 10.7. The van der Waals surface area contributed by atoms with Crippen LogP contribution < -0.4 is 0 Å². The van der Waals surface area contributed by atoms with Crippen molar-refractivity contribution in [1.82, 2.24) is 4.90 Å². The fourth-order valence-electron chi connectivity index (χ4n) is 2.07. The minimum absolute atomic E-state index is 0.0563. The Balaban J connectivity index is 1.77. The van der Waals surface area contributed by atoms with Crippen LogP contribution in [0.2, 0.25) is 0 Å². The molecule has 6 heteroatoms. The Morgan fingerprint density at radius 2 is 2.09 bits per heavy atom. The molecule has 0 spiro atoms. The van der Waals surface area contributed by atoms with Crippen LogP contribution in [0.25, 0.3) is 0 Å². The summed E-state index contributed by atoms with van der Waals surface area (Å²) in [5, 5.41) is 8.66. The highest BCUT2D eigenvalue weighted by Crippen LogP contribution is 2.28. The number of amidine groups is 1. The highest BCUT2D eigenvalue weighted by Gasteiger charge is 2.35. The second kappa shape index (κ2) is 6.62. The highest BCUT2D eigenvalue weighted by atomic mass is 32.2. The zero-order chi connectivity index (χ0) is 15.4. The van der Waals surface area contributed by atoms with Gasteiger partial charge in [0.05, 0.1) is 24.3 Å². The molecule has 1 atom stereocenters. The van der Waals surface area contributed by atoms with Crippen LogP contribution in [-0.2, 0) is 11.3 Å². The van der Waals surface area contributed by atoms with Crippen LogP contribution in [0.5, 0.6) is 0 Å². The van der Waals surface area contributed by atoms with E-state index in [1.165, 1.54) is 18.0 Å². The van der Waals surface area contributed by atoms with Crippen molar-refractivity contribution in [2.75, 3.05) is 0 Å². The normalized spacial score (nSPS) is 20.4. The second-order valence-corrected chi connectivity index (χ2v) is 6.12. The van der Waals surface area contributed by atoms with Crippen LogP contribution in [0.15, 0.2) is 63.3 Å². The van der Waals surface area contributed by atoms with Crippen LogP contribution in [-0.4, -0.2) is 27.4 Å².